The number of ether oxygens (including phenoxy) is 2. The highest BCUT2D eigenvalue weighted by atomic mass is 16.6. The number of hydrogen-bond donors (Lipinski definition) is 0. The van der Waals surface area contributed by atoms with E-state index in [4.69, 9.17) is 9.47 Å². The van der Waals surface area contributed by atoms with Gasteiger partial charge in [-0.1, -0.05) is 6.58 Å². The molecule has 0 spiro atoms. The highest BCUT2D eigenvalue weighted by Gasteiger charge is 2.59. The number of epoxide rings is 1. The quantitative estimate of drug-likeness (QED) is 0.340. The largest absolute Gasteiger partial charge is 0.453 e. The number of carbonyl (C=O) groups excluding carboxylic acids is 1. The smallest absolute Gasteiger partial charge is 0.330 e. The third kappa shape index (κ3) is 1.16. The molecule has 0 bridgehead atoms. The van der Waals surface area contributed by atoms with Gasteiger partial charge in [0.2, 0.25) is 0 Å². The first-order chi connectivity index (χ1) is 5.27. The van der Waals surface area contributed by atoms with Gasteiger partial charge in [0.25, 0.3) is 0 Å². The predicted molar refractivity (Wildman–Crippen MR) is 38.0 cm³/mol. The van der Waals surface area contributed by atoms with Gasteiger partial charge in [0.05, 0.1) is 6.61 Å². The first-order valence-corrected chi connectivity index (χ1v) is 3.74. The van der Waals surface area contributed by atoms with E-state index in [1.54, 1.807) is 0 Å². The van der Waals surface area contributed by atoms with Gasteiger partial charge in [-0.15, -0.1) is 0 Å². The molecule has 1 atom stereocenters. The van der Waals surface area contributed by atoms with Gasteiger partial charge < -0.3 is 9.47 Å². The van der Waals surface area contributed by atoms with E-state index < -0.39 is 0 Å². The molecule has 60 valence electrons. The number of hydrogen-bond acceptors (Lipinski definition) is 3. The molecular weight excluding hydrogens is 144 g/mol. The molecule has 3 nitrogen and oxygen atoms in total. The Morgan fingerprint density at radius 1 is 1.73 bits per heavy atom. The van der Waals surface area contributed by atoms with Crippen LogP contribution in [0.2, 0.25) is 0 Å². The van der Waals surface area contributed by atoms with Crippen LogP contribution in [0.1, 0.15) is 12.8 Å². The van der Waals surface area contributed by atoms with Crippen molar-refractivity contribution in [2.24, 2.45) is 0 Å². The first-order valence-electron chi connectivity index (χ1n) is 3.74. The Hall–Kier alpha value is -0.830. The standard InChI is InChI=1S/C8H10O3/c1-2-7(9)11-8(3-4-8)6-5-10-6/h2,6H,1,3-5H2. The van der Waals surface area contributed by atoms with Crippen LogP contribution in [0.5, 0.6) is 0 Å². The molecule has 1 aliphatic heterocycles. The van der Waals surface area contributed by atoms with E-state index in [0.29, 0.717) is 0 Å². The maximum atomic E-state index is 10.8. The van der Waals surface area contributed by atoms with E-state index in [-0.39, 0.29) is 17.7 Å². The Balaban J connectivity index is 1.93. The fraction of sp³-hybridized carbons (Fsp3) is 0.625. The molecule has 1 aliphatic carbocycles. The zero-order chi connectivity index (χ0) is 7.90. The molecule has 0 amide bonds. The third-order valence-corrected chi connectivity index (χ3v) is 2.13. The van der Waals surface area contributed by atoms with E-state index in [1.807, 2.05) is 0 Å². The van der Waals surface area contributed by atoms with Crippen molar-refractivity contribution < 1.29 is 14.3 Å². The summed E-state index contributed by atoms with van der Waals surface area (Å²) in [4.78, 5) is 10.8. The SMILES string of the molecule is C=CC(=O)OC1(C2CO2)CC1. The van der Waals surface area contributed by atoms with Crippen molar-refractivity contribution in [3.05, 3.63) is 12.7 Å². The molecular formula is C8H10O3. The Morgan fingerprint density at radius 2 is 2.36 bits per heavy atom. The van der Waals surface area contributed by atoms with Crippen molar-refractivity contribution in [1.29, 1.82) is 0 Å². The Labute approximate surface area is 65.0 Å². The van der Waals surface area contributed by atoms with Crippen molar-refractivity contribution >= 4 is 5.97 Å². The van der Waals surface area contributed by atoms with Gasteiger partial charge in [0.15, 0.2) is 0 Å². The number of esters is 1. The topological polar surface area (TPSA) is 38.8 Å². The van der Waals surface area contributed by atoms with Crippen molar-refractivity contribution in [3.63, 3.8) is 0 Å². The van der Waals surface area contributed by atoms with Gasteiger partial charge in [-0.25, -0.2) is 4.79 Å². The Bertz CT molecular complexity index is 201. The molecule has 11 heavy (non-hydrogen) atoms. The fourth-order valence-electron chi connectivity index (χ4n) is 1.21. The number of rotatable bonds is 3. The van der Waals surface area contributed by atoms with Crippen LogP contribution in [0.3, 0.4) is 0 Å². The van der Waals surface area contributed by atoms with E-state index in [0.717, 1.165) is 19.4 Å². The summed E-state index contributed by atoms with van der Waals surface area (Å²) in [7, 11) is 0. The lowest BCUT2D eigenvalue weighted by molar-refractivity contribution is -0.146. The van der Waals surface area contributed by atoms with Crippen molar-refractivity contribution in [2.45, 2.75) is 24.5 Å². The molecule has 0 aromatic carbocycles. The molecule has 1 saturated heterocycles. The summed E-state index contributed by atoms with van der Waals surface area (Å²) in [5.41, 5.74) is -0.259. The second kappa shape index (κ2) is 2.08. The van der Waals surface area contributed by atoms with Crippen LogP contribution in [-0.2, 0) is 14.3 Å². The van der Waals surface area contributed by atoms with Gasteiger partial charge in [-0.2, -0.15) is 0 Å². The van der Waals surface area contributed by atoms with Crippen molar-refractivity contribution in [2.75, 3.05) is 6.61 Å². The summed E-state index contributed by atoms with van der Waals surface area (Å²) in [6.45, 7) is 4.08. The van der Waals surface area contributed by atoms with Crippen LogP contribution in [0.15, 0.2) is 12.7 Å². The van der Waals surface area contributed by atoms with Gasteiger partial charge >= 0.3 is 5.97 Å². The van der Waals surface area contributed by atoms with Gasteiger partial charge in [-0.05, 0) is 12.8 Å². The summed E-state index contributed by atoms with van der Waals surface area (Å²) in [5.74, 6) is -0.335. The predicted octanol–water partition coefficient (Wildman–Crippen LogP) is 0.647. The minimum Gasteiger partial charge on any atom is -0.453 e. The highest BCUT2D eigenvalue weighted by Crippen LogP contribution is 2.48. The van der Waals surface area contributed by atoms with E-state index in [2.05, 4.69) is 6.58 Å². The third-order valence-electron chi connectivity index (χ3n) is 2.13. The van der Waals surface area contributed by atoms with Crippen LogP contribution >= 0.6 is 0 Å². The molecule has 0 aromatic heterocycles. The molecule has 1 unspecified atom stereocenters. The minimum atomic E-state index is -0.335. The van der Waals surface area contributed by atoms with E-state index in [9.17, 15) is 4.79 Å². The van der Waals surface area contributed by atoms with Crippen LogP contribution < -0.4 is 0 Å². The van der Waals surface area contributed by atoms with Crippen LogP contribution in [-0.4, -0.2) is 24.3 Å². The molecule has 1 saturated carbocycles. The van der Waals surface area contributed by atoms with Crippen molar-refractivity contribution in [3.8, 4) is 0 Å². The van der Waals surface area contributed by atoms with E-state index >= 15 is 0 Å². The average Bonchev–Trinajstić information content (AvgIpc) is 2.81. The van der Waals surface area contributed by atoms with Crippen LogP contribution in [0.4, 0.5) is 0 Å². The number of carbonyl (C=O) groups is 1. The van der Waals surface area contributed by atoms with Crippen LogP contribution in [0, 0.1) is 0 Å². The minimum absolute atomic E-state index is 0.173. The molecule has 3 heteroatoms. The monoisotopic (exact) mass is 154 g/mol. The zero-order valence-corrected chi connectivity index (χ0v) is 6.21. The highest BCUT2D eigenvalue weighted by molar-refractivity contribution is 5.81. The maximum Gasteiger partial charge on any atom is 0.330 e. The summed E-state index contributed by atoms with van der Waals surface area (Å²) in [6.07, 6.45) is 3.25. The fourth-order valence-corrected chi connectivity index (χ4v) is 1.21. The molecule has 1 heterocycles. The summed E-state index contributed by atoms with van der Waals surface area (Å²) in [5, 5.41) is 0. The molecule has 0 N–H and O–H groups in total. The second-order valence-electron chi connectivity index (χ2n) is 3.01. The maximum absolute atomic E-state index is 10.8. The first kappa shape index (κ1) is 6.85. The lowest BCUT2D eigenvalue weighted by Crippen LogP contribution is -2.24. The Morgan fingerprint density at radius 3 is 2.73 bits per heavy atom. The molecule has 2 aliphatic rings. The summed E-state index contributed by atoms with van der Waals surface area (Å²) < 4.78 is 10.2. The average molecular weight is 154 g/mol. The van der Waals surface area contributed by atoms with Crippen molar-refractivity contribution in [1.82, 2.24) is 0 Å². The molecule has 0 radical (unpaired) electrons. The van der Waals surface area contributed by atoms with Crippen LogP contribution in [0.25, 0.3) is 0 Å². The normalized spacial score (nSPS) is 30.7. The van der Waals surface area contributed by atoms with Gasteiger partial charge in [-0.3, -0.25) is 0 Å². The van der Waals surface area contributed by atoms with E-state index in [1.165, 1.54) is 6.08 Å². The molecule has 0 aromatic rings. The Kier molecular flexibility index (Phi) is 1.29. The lowest BCUT2D eigenvalue weighted by atomic mass is 10.2. The lowest BCUT2D eigenvalue weighted by Gasteiger charge is -2.11. The second-order valence-corrected chi connectivity index (χ2v) is 3.01. The summed E-state index contributed by atoms with van der Waals surface area (Å²) in [6, 6.07) is 0. The zero-order valence-electron chi connectivity index (χ0n) is 6.21. The summed E-state index contributed by atoms with van der Waals surface area (Å²) >= 11 is 0. The molecule has 2 rings (SSSR count). The van der Waals surface area contributed by atoms with Gasteiger partial charge in [0, 0.05) is 6.08 Å². The molecule has 2 fully saturated rings. The van der Waals surface area contributed by atoms with Gasteiger partial charge in [0.1, 0.15) is 11.7 Å².